The van der Waals surface area contributed by atoms with Gasteiger partial charge >= 0.3 is 6.03 Å². The first-order valence-electron chi connectivity index (χ1n) is 6.56. The zero-order valence-corrected chi connectivity index (χ0v) is 11.5. The zero-order valence-electron chi connectivity index (χ0n) is 11.5. The van der Waals surface area contributed by atoms with Crippen molar-refractivity contribution in [2.45, 2.75) is 25.8 Å². The molecule has 0 radical (unpaired) electrons. The molecule has 2 amide bonds. The molecule has 0 unspecified atom stereocenters. The van der Waals surface area contributed by atoms with E-state index in [-0.39, 0.29) is 12.1 Å². The van der Waals surface area contributed by atoms with E-state index in [1.54, 1.807) is 12.0 Å². The van der Waals surface area contributed by atoms with Gasteiger partial charge in [0.2, 0.25) is 0 Å². The van der Waals surface area contributed by atoms with Crippen molar-refractivity contribution < 1.29 is 9.53 Å². The van der Waals surface area contributed by atoms with Gasteiger partial charge in [0.15, 0.2) is 0 Å². The number of urea groups is 1. The molecule has 5 nitrogen and oxygen atoms in total. The normalized spacial score (nSPS) is 19.1. The van der Waals surface area contributed by atoms with Crippen LogP contribution in [-0.2, 0) is 0 Å². The maximum absolute atomic E-state index is 12.1. The summed E-state index contributed by atoms with van der Waals surface area (Å²) in [6.07, 6.45) is 1.96. The van der Waals surface area contributed by atoms with Crippen LogP contribution in [0, 0.1) is 6.92 Å². The highest BCUT2D eigenvalue weighted by Gasteiger charge is 2.21. The first-order chi connectivity index (χ1) is 9.10. The van der Waals surface area contributed by atoms with E-state index in [9.17, 15) is 4.79 Å². The third kappa shape index (κ3) is 3.38. The summed E-state index contributed by atoms with van der Waals surface area (Å²) < 4.78 is 5.15. The first-order valence-corrected chi connectivity index (χ1v) is 6.56. The van der Waals surface area contributed by atoms with Crippen LogP contribution in [0.25, 0.3) is 0 Å². The molecule has 1 aliphatic rings. The molecule has 2 rings (SSSR count). The number of nitrogens with zero attached hydrogens (tertiary/aromatic N) is 1. The van der Waals surface area contributed by atoms with E-state index in [0.29, 0.717) is 6.54 Å². The van der Waals surface area contributed by atoms with Crippen molar-refractivity contribution >= 4 is 11.7 Å². The third-order valence-corrected chi connectivity index (χ3v) is 3.42. The summed E-state index contributed by atoms with van der Waals surface area (Å²) in [5.74, 6) is 0.787. The minimum Gasteiger partial charge on any atom is -0.497 e. The van der Waals surface area contributed by atoms with Gasteiger partial charge in [0.05, 0.1) is 7.11 Å². The highest BCUT2D eigenvalue weighted by atomic mass is 16.5. The lowest BCUT2D eigenvalue weighted by molar-refractivity contribution is 0.193. The number of benzene rings is 1. The van der Waals surface area contributed by atoms with Crippen LogP contribution in [0.15, 0.2) is 18.2 Å². The Morgan fingerprint density at radius 3 is 2.95 bits per heavy atom. The second-order valence-corrected chi connectivity index (χ2v) is 4.96. The molecule has 1 aromatic rings. The number of ether oxygens (including phenoxy) is 1. The molecule has 1 aromatic carbocycles. The summed E-state index contributed by atoms with van der Waals surface area (Å²) in [7, 11) is 1.63. The molecule has 3 N–H and O–H groups in total. The molecule has 0 bridgehead atoms. The van der Waals surface area contributed by atoms with E-state index in [1.165, 1.54) is 0 Å². The average molecular weight is 263 g/mol. The van der Waals surface area contributed by atoms with Gasteiger partial charge in [-0.1, -0.05) is 0 Å². The fourth-order valence-corrected chi connectivity index (χ4v) is 2.29. The van der Waals surface area contributed by atoms with Crippen molar-refractivity contribution in [1.29, 1.82) is 0 Å². The molecule has 0 aromatic heterocycles. The molecule has 1 saturated heterocycles. The van der Waals surface area contributed by atoms with Gasteiger partial charge in [0.1, 0.15) is 5.75 Å². The monoisotopic (exact) mass is 263 g/mol. The topological polar surface area (TPSA) is 67.6 Å². The maximum atomic E-state index is 12.1. The lowest BCUT2D eigenvalue weighted by Gasteiger charge is -2.31. The predicted octanol–water partition coefficient (Wildman–Crippen LogP) is 1.96. The number of carbonyl (C=O) groups is 1. The average Bonchev–Trinajstić information content (AvgIpc) is 2.41. The number of aryl methyl sites for hydroxylation is 1. The van der Waals surface area contributed by atoms with E-state index < -0.39 is 0 Å². The molecule has 0 aliphatic carbocycles. The Labute approximate surface area is 113 Å². The third-order valence-electron chi connectivity index (χ3n) is 3.42. The number of hydrogen-bond acceptors (Lipinski definition) is 3. The van der Waals surface area contributed by atoms with Crippen molar-refractivity contribution in [2.24, 2.45) is 5.73 Å². The van der Waals surface area contributed by atoms with Crippen LogP contribution in [0.5, 0.6) is 5.75 Å². The number of anilines is 1. The summed E-state index contributed by atoms with van der Waals surface area (Å²) >= 11 is 0. The van der Waals surface area contributed by atoms with Crippen LogP contribution in [0.3, 0.4) is 0 Å². The second-order valence-electron chi connectivity index (χ2n) is 4.96. The SMILES string of the molecule is COc1ccc(NC(=O)N2CCC[C@@H](N)C2)c(C)c1. The Morgan fingerprint density at radius 2 is 2.32 bits per heavy atom. The summed E-state index contributed by atoms with van der Waals surface area (Å²) in [5, 5.41) is 2.93. The van der Waals surface area contributed by atoms with E-state index in [0.717, 1.165) is 36.4 Å². The minimum atomic E-state index is -0.0802. The van der Waals surface area contributed by atoms with Gasteiger partial charge in [-0.3, -0.25) is 0 Å². The Balaban J connectivity index is 2.02. The van der Waals surface area contributed by atoms with E-state index in [2.05, 4.69) is 5.32 Å². The number of nitrogens with two attached hydrogens (primary N) is 1. The summed E-state index contributed by atoms with van der Waals surface area (Å²) in [6, 6.07) is 5.61. The fourth-order valence-electron chi connectivity index (χ4n) is 2.29. The first kappa shape index (κ1) is 13.7. The molecule has 1 aliphatic heterocycles. The van der Waals surface area contributed by atoms with Crippen LogP contribution in [0.4, 0.5) is 10.5 Å². The number of methoxy groups -OCH3 is 1. The van der Waals surface area contributed by atoms with E-state index in [1.807, 2.05) is 25.1 Å². The molecule has 104 valence electrons. The van der Waals surface area contributed by atoms with Gasteiger partial charge in [0.25, 0.3) is 0 Å². The van der Waals surface area contributed by atoms with Crippen molar-refractivity contribution in [3.63, 3.8) is 0 Å². The quantitative estimate of drug-likeness (QED) is 0.857. The minimum absolute atomic E-state index is 0.0802. The largest absolute Gasteiger partial charge is 0.497 e. The fraction of sp³-hybridized carbons (Fsp3) is 0.500. The summed E-state index contributed by atoms with van der Waals surface area (Å²) in [6.45, 7) is 3.34. The van der Waals surface area contributed by atoms with Crippen LogP contribution in [-0.4, -0.2) is 37.2 Å². The maximum Gasteiger partial charge on any atom is 0.321 e. The highest BCUT2D eigenvalue weighted by Crippen LogP contribution is 2.21. The van der Waals surface area contributed by atoms with Crippen LogP contribution in [0.1, 0.15) is 18.4 Å². The number of nitrogens with one attached hydrogen (secondary N) is 1. The van der Waals surface area contributed by atoms with Gasteiger partial charge in [-0.15, -0.1) is 0 Å². The molecule has 1 atom stereocenters. The van der Waals surface area contributed by atoms with E-state index in [4.69, 9.17) is 10.5 Å². The Bertz CT molecular complexity index is 462. The van der Waals surface area contributed by atoms with Crippen molar-refractivity contribution in [3.8, 4) is 5.75 Å². The lowest BCUT2D eigenvalue weighted by atomic mass is 10.1. The number of hydrogen-bond donors (Lipinski definition) is 2. The molecule has 0 saturated carbocycles. The Hall–Kier alpha value is -1.75. The van der Waals surface area contributed by atoms with Crippen LogP contribution >= 0.6 is 0 Å². The molecule has 1 fully saturated rings. The van der Waals surface area contributed by atoms with Crippen molar-refractivity contribution in [1.82, 2.24) is 4.90 Å². The van der Waals surface area contributed by atoms with Gasteiger partial charge < -0.3 is 20.7 Å². The zero-order chi connectivity index (χ0) is 13.8. The molecular weight excluding hydrogens is 242 g/mol. The summed E-state index contributed by atoms with van der Waals surface area (Å²) in [5.41, 5.74) is 7.68. The molecule has 19 heavy (non-hydrogen) atoms. The summed E-state index contributed by atoms with van der Waals surface area (Å²) in [4.78, 5) is 13.9. The van der Waals surface area contributed by atoms with Gasteiger partial charge in [-0.2, -0.15) is 0 Å². The van der Waals surface area contributed by atoms with Gasteiger partial charge in [0, 0.05) is 24.8 Å². The van der Waals surface area contributed by atoms with Crippen molar-refractivity contribution in [3.05, 3.63) is 23.8 Å². The molecule has 5 heteroatoms. The number of amides is 2. The lowest BCUT2D eigenvalue weighted by Crippen LogP contribution is -2.47. The number of piperidine rings is 1. The Kier molecular flexibility index (Phi) is 4.27. The Morgan fingerprint density at radius 1 is 1.53 bits per heavy atom. The predicted molar refractivity (Wildman–Crippen MR) is 75.5 cm³/mol. The number of likely N-dealkylation sites (tertiary alicyclic amines) is 1. The molecular formula is C14H21N3O2. The second kappa shape index (κ2) is 5.93. The molecule has 1 heterocycles. The number of carbonyl (C=O) groups excluding carboxylic acids is 1. The molecule has 0 spiro atoms. The van der Waals surface area contributed by atoms with E-state index >= 15 is 0 Å². The van der Waals surface area contributed by atoms with Gasteiger partial charge in [-0.25, -0.2) is 4.79 Å². The van der Waals surface area contributed by atoms with Crippen LogP contribution in [0.2, 0.25) is 0 Å². The smallest absolute Gasteiger partial charge is 0.321 e. The standard InChI is InChI=1S/C14H21N3O2/c1-10-8-12(19-2)5-6-13(10)16-14(18)17-7-3-4-11(15)9-17/h5-6,8,11H,3-4,7,9,15H2,1-2H3,(H,16,18)/t11-/m1/s1. The van der Waals surface area contributed by atoms with Crippen molar-refractivity contribution in [2.75, 3.05) is 25.5 Å². The van der Waals surface area contributed by atoms with Crippen LogP contribution < -0.4 is 15.8 Å². The highest BCUT2D eigenvalue weighted by molar-refractivity contribution is 5.90. The number of rotatable bonds is 2. The van der Waals surface area contributed by atoms with Gasteiger partial charge in [-0.05, 0) is 43.5 Å².